The number of hydrogen-bond acceptors (Lipinski definition) is 3. The average Bonchev–Trinajstić information content (AvgIpc) is 2.70. The molecule has 0 aliphatic heterocycles. The fourth-order valence-electron chi connectivity index (χ4n) is 1.43. The summed E-state index contributed by atoms with van der Waals surface area (Å²) < 4.78 is 38.7. The van der Waals surface area contributed by atoms with Gasteiger partial charge in [0.2, 0.25) is 0 Å². The molecule has 0 aliphatic rings. The lowest BCUT2D eigenvalue weighted by molar-refractivity contribution is -0.137. The number of hydrogen-bond donors (Lipinski definition) is 1. The maximum absolute atomic E-state index is 12.5. The second-order valence-electron chi connectivity index (χ2n) is 3.53. The molecule has 4 nitrogen and oxygen atoms in total. The first-order valence-corrected chi connectivity index (χ1v) is 4.84. The molecule has 0 unspecified atom stereocenters. The van der Waals surface area contributed by atoms with Crippen LogP contribution in [0.25, 0.3) is 5.69 Å². The Morgan fingerprint density at radius 1 is 1.33 bits per heavy atom. The molecule has 0 radical (unpaired) electrons. The second kappa shape index (κ2) is 4.07. The van der Waals surface area contributed by atoms with Crippen LogP contribution in [0.3, 0.4) is 0 Å². The largest absolute Gasteiger partial charge is 0.416 e. The number of nitriles is 1. The predicted octanol–water partition coefficient (Wildman–Crippen LogP) is 2.34. The summed E-state index contributed by atoms with van der Waals surface area (Å²) in [6.45, 7) is 0. The highest BCUT2D eigenvalue weighted by molar-refractivity contribution is 5.49. The van der Waals surface area contributed by atoms with E-state index in [0.717, 1.165) is 16.8 Å². The van der Waals surface area contributed by atoms with Gasteiger partial charge in [0.1, 0.15) is 11.6 Å². The summed E-state index contributed by atoms with van der Waals surface area (Å²) >= 11 is 0. The van der Waals surface area contributed by atoms with Crippen molar-refractivity contribution in [1.82, 2.24) is 9.78 Å². The minimum atomic E-state index is -4.42. The van der Waals surface area contributed by atoms with Gasteiger partial charge >= 0.3 is 6.18 Å². The van der Waals surface area contributed by atoms with Gasteiger partial charge in [0, 0.05) is 0 Å². The van der Waals surface area contributed by atoms with Gasteiger partial charge in [0.15, 0.2) is 5.82 Å². The first-order valence-electron chi connectivity index (χ1n) is 4.84. The lowest BCUT2D eigenvalue weighted by atomic mass is 10.2. The molecule has 1 aromatic heterocycles. The molecule has 2 aromatic rings. The van der Waals surface area contributed by atoms with Crippen LogP contribution in [-0.2, 0) is 6.18 Å². The second-order valence-corrected chi connectivity index (χ2v) is 3.53. The number of halogens is 3. The number of benzene rings is 1. The van der Waals surface area contributed by atoms with Gasteiger partial charge in [-0.15, -0.1) is 5.10 Å². The summed E-state index contributed by atoms with van der Waals surface area (Å²) in [6.07, 6.45) is -3.14. The van der Waals surface area contributed by atoms with Crippen molar-refractivity contribution in [3.63, 3.8) is 0 Å². The summed E-state index contributed by atoms with van der Waals surface area (Å²) in [6, 6.07) is 6.41. The highest BCUT2D eigenvalue weighted by Crippen LogP contribution is 2.30. The summed E-state index contributed by atoms with van der Waals surface area (Å²) in [5.41, 5.74) is 4.96. The van der Waals surface area contributed by atoms with Crippen LogP contribution in [0.2, 0.25) is 0 Å². The molecule has 1 aromatic carbocycles. The van der Waals surface area contributed by atoms with Crippen molar-refractivity contribution in [3.8, 4) is 11.8 Å². The van der Waals surface area contributed by atoms with E-state index < -0.39 is 11.7 Å². The minimum Gasteiger partial charge on any atom is -0.381 e. The van der Waals surface area contributed by atoms with Gasteiger partial charge in [-0.2, -0.15) is 18.4 Å². The average molecular weight is 252 g/mol. The molecule has 2 N–H and O–H groups in total. The first kappa shape index (κ1) is 12.0. The van der Waals surface area contributed by atoms with Crippen LogP contribution in [0.15, 0.2) is 30.5 Å². The maximum atomic E-state index is 12.5. The number of rotatable bonds is 1. The van der Waals surface area contributed by atoms with E-state index in [-0.39, 0.29) is 17.1 Å². The van der Waals surface area contributed by atoms with Crippen molar-refractivity contribution in [2.75, 3.05) is 5.73 Å². The van der Waals surface area contributed by atoms with E-state index in [1.165, 1.54) is 18.3 Å². The SMILES string of the molecule is N#Cc1cn(-c2cccc(C(F)(F)F)c2)nc1N. The molecule has 18 heavy (non-hydrogen) atoms. The zero-order valence-electron chi connectivity index (χ0n) is 8.94. The normalized spacial score (nSPS) is 11.2. The van der Waals surface area contributed by atoms with Crippen LogP contribution < -0.4 is 5.73 Å². The van der Waals surface area contributed by atoms with Crippen molar-refractivity contribution in [2.24, 2.45) is 0 Å². The van der Waals surface area contributed by atoms with E-state index in [9.17, 15) is 13.2 Å². The van der Waals surface area contributed by atoms with Gasteiger partial charge < -0.3 is 5.73 Å². The molecular formula is C11H7F3N4. The molecule has 2 rings (SSSR count). The number of aromatic nitrogens is 2. The minimum absolute atomic E-state index is 0.0186. The molecule has 0 saturated heterocycles. The molecule has 0 aliphatic carbocycles. The van der Waals surface area contributed by atoms with Gasteiger partial charge in [0.25, 0.3) is 0 Å². The van der Waals surface area contributed by atoms with Gasteiger partial charge in [-0.1, -0.05) is 6.07 Å². The molecule has 0 bridgehead atoms. The lowest BCUT2D eigenvalue weighted by Gasteiger charge is -2.08. The van der Waals surface area contributed by atoms with Crippen molar-refractivity contribution in [3.05, 3.63) is 41.6 Å². The first-order chi connectivity index (χ1) is 8.41. The van der Waals surface area contributed by atoms with Crippen molar-refractivity contribution < 1.29 is 13.2 Å². The van der Waals surface area contributed by atoms with Gasteiger partial charge in [-0.3, -0.25) is 0 Å². The Kier molecular flexibility index (Phi) is 2.71. The fraction of sp³-hybridized carbons (Fsp3) is 0.0909. The van der Waals surface area contributed by atoms with Crippen LogP contribution in [0.5, 0.6) is 0 Å². The van der Waals surface area contributed by atoms with Crippen LogP contribution in [0.1, 0.15) is 11.1 Å². The monoisotopic (exact) mass is 252 g/mol. The van der Waals surface area contributed by atoms with E-state index >= 15 is 0 Å². The van der Waals surface area contributed by atoms with E-state index in [0.29, 0.717) is 0 Å². The van der Waals surface area contributed by atoms with Crippen LogP contribution in [-0.4, -0.2) is 9.78 Å². The number of nitrogen functional groups attached to an aromatic ring is 1. The standard InChI is InChI=1S/C11H7F3N4/c12-11(13,14)8-2-1-3-9(4-8)18-6-7(5-15)10(16)17-18/h1-4,6H,(H2,16,17). The van der Waals surface area contributed by atoms with Crippen molar-refractivity contribution in [1.29, 1.82) is 5.26 Å². The molecule has 1 heterocycles. The molecule has 7 heteroatoms. The molecule has 0 spiro atoms. The Labute approximate surface area is 100 Å². The zero-order valence-corrected chi connectivity index (χ0v) is 8.94. The Hall–Kier alpha value is -2.49. The maximum Gasteiger partial charge on any atom is 0.416 e. The molecule has 0 atom stereocenters. The molecule has 0 amide bonds. The van der Waals surface area contributed by atoms with Crippen LogP contribution in [0.4, 0.5) is 19.0 Å². The number of nitrogens with two attached hydrogens (primary N) is 1. The predicted molar refractivity (Wildman–Crippen MR) is 57.7 cm³/mol. The quantitative estimate of drug-likeness (QED) is 0.847. The summed E-state index contributed by atoms with van der Waals surface area (Å²) in [5.74, 6) is -0.0186. The van der Waals surface area contributed by atoms with Gasteiger partial charge in [0.05, 0.1) is 17.4 Å². The molecule has 92 valence electrons. The molecule has 0 fully saturated rings. The third-order valence-corrected chi connectivity index (χ3v) is 2.30. The van der Waals surface area contributed by atoms with Gasteiger partial charge in [-0.05, 0) is 18.2 Å². The molecular weight excluding hydrogens is 245 g/mol. The number of anilines is 1. The number of alkyl halides is 3. The lowest BCUT2D eigenvalue weighted by Crippen LogP contribution is -2.06. The van der Waals surface area contributed by atoms with Crippen molar-refractivity contribution >= 4 is 5.82 Å². The van der Waals surface area contributed by atoms with Crippen LogP contribution >= 0.6 is 0 Å². The van der Waals surface area contributed by atoms with Gasteiger partial charge in [-0.25, -0.2) is 4.68 Å². The Morgan fingerprint density at radius 3 is 2.61 bits per heavy atom. The Morgan fingerprint density at radius 2 is 2.06 bits per heavy atom. The summed E-state index contributed by atoms with van der Waals surface area (Å²) in [4.78, 5) is 0. The third-order valence-electron chi connectivity index (χ3n) is 2.30. The topological polar surface area (TPSA) is 67.6 Å². The van der Waals surface area contributed by atoms with E-state index in [2.05, 4.69) is 5.10 Å². The third kappa shape index (κ3) is 2.13. The highest BCUT2D eigenvalue weighted by atomic mass is 19.4. The van der Waals surface area contributed by atoms with E-state index in [1.807, 2.05) is 0 Å². The van der Waals surface area contributed by atoms with Crippen molar-refractivity contribution in [2.45, 2.75) is 6.18 Å². The smallest absolute Gasteiger partial charge is 0.381 e. The Bertz CT molecular complexity index is 622. The van der Waals surface area contributed by atoms with E-state index in [1.54, 1.807) is 6.07 Å². The zero-order chi connectivity index (χ0) is 13.3. The fourth-order valence-corrected chi connectivity index (χ4v) is 1.43. The molecule has 0 saturated carbocycles. The Balaban J connectivity index is 2.48. The number of nitrogens with zero attached hydrogens (tertiary/aromatic N) is 3. The van der Waals surface area contributed by atoms with E-state index in [4.69, 9.17) is 11.0 Å². The van der Waals surface area contributed by atoms with Crippen LogP contribution in [0, 0.1) is 11.3 Å². The highest BCUT2D eigenvalue weighted by Gasteiger charge is 2.30. The summed E-state index contributed by atoms with van der Waals surface area (Å²) in [7, 11) is 0. The summed E-state index contributed by atoms with van der Waals surface area (Å²) in [5, 5.41) is 12.5.